The molecule has 0 aliphatic heterocycles. The number of ether oxygens (including phenoxy) is 1. The topological polar surface area (TPSA) is 62.3 Å². The summed E-state index contributed by atoms with van der Waals surface area (Å²) in [6, 6.07) is 15.6. The maximum absolute atomic E-state index is 5.14. The molecule has 1 aromatic heterocycles. The second-order valence-corrected chi connectivity index (χ2v) is 4.64. The maximum atomic E-state index is 5.14. The van der Waals surface area contributed by atoms with E-state index in [1.54, 1.807) is 7.11 Å². The molecule has 106 valence electrons. The van der Waals surface area contributed by atoms with Crippen LogP contribution in [0.2, 0.25) is 0 Å². The fourth-order valence-corrected chi connectivity index (χ4v) is 2.04. The van der Waals surface area contributed by atoms with Gasteiger partial charge in [-0.25, -0.2) is 10.4 Å². The predicted octanol–water partition coefficient (Wildman–Crippen LogP) is 3.41. The number of aromatic amines is 1. The van der Waals surface area contributed by atoms with Crippen LogP contribution in [0.4, 0.5) is 5.95 Å². The number of imidazole rings is 1. The van der Waals surface area contributed by atoms with Crippen molar-refractivity contribution in [3.63, 3.8) is 0 Å². The van der Waals surface area contributed by atoms with Crippen molar-refractivity contribution in [3.8, 4) is 5.75 Å². The van der Waals surface area contributed by atoms with Crippen LogP contribution in [0.5, 0.6) is 5.75 Å². The molecule has 2 N–H and O–H groups in total. The second-order valence-electron chi connectivity index (χ2n) is 4.64. The lowest BCUT2D eigenvalue weighted by Gasteiger charge is -2.03. The molecule has 0 aliphatic carbocycles. The molecule has 0 bridgehead atoms. The van der Waals surface area contributed by atoms with Gasteiger partial charge in [-0.2, -0.15) is 5.10 Å². The number of anilines is 1. The summed E-state index contributed by atoms with van der Waals surface area (Å²) in [5.74, 6) is 1.46. The molecule has 2 aromatic carbocycles. The van der Waals surface area contributed by atoms with Gasteiger partial charge < -0.3 is 9.72 Å². The van der Waals surface area contributed by atoms with E-state index in [2.05, 4.69) is 20.5 Å². The van der Waals surface area contributed by atoms with E-state index in [-0.39, 0.29) is 0 Å². The molecule has 5 nitrogen and oxygen atoms in total. The van der Waals surface area contributed by atoms with Crippen LogP contribution >= 0.6 is 0 Å². The summed E-state index contributed by atoms with van der Waals surface area (Å²) in [5, 5.41) is 4.35. The Hall–Kier alpha value is -2.82. The van der Waals surface area contributed by atoms with Crippen molar-refractivity contribution >= 4 is 22.7 Å². The minimum Gasteiger partial charge on any atom is -0.497 e. The van der Waals surface area contributed by atoms with Crippen LogP contribution in [0.1, 0.15) is 12.5 Å². The fourth-order valence-electron chi connectivity index (χ4n) is 2.04. The summed E-state index contributed by atoms with van der Waals surface area (Å²) < 4.78 is 5.14. The van der Waals surface area contributed by atoms with Gasteiger partial charge in [0, 0.05) is 0 Å². The van der Waals surface area contributed by atoms with Gasteiger partial charge in [0.15, 0.2) is 0 Å². The van der Waals surface area contributed by atoms with Gasteiger partial charge in [-0.05, 0) is 48.9 Å². The molecule has 1 heterocycles. The van der Waals surface area contributed by atoms with Crippen molar-refractivity contribution in [1.29, 1.82) is 0 Å². The number of nitrogens with zero attached hydrogens (tertiary/aromatic N) is 2. The molecule has 0 unspecified atom stereocenters. The monoisotopic (exact) mass is 280 g/mol. The van der Waals surface area contributed by atoms with Crippen molar-refractivity contribution in [2.75, 3.05) is 12.5 Å². The number of methoxy groups -OCH3 is 1. The van der Waals surface area contributed by atoms with Gasteiger partial charge in [0.25, 0.3) is 0 Å². The smallest absolute Gasteiger partial charge is 0.222 e. The third-order valence-corrected chi connectivity index (χ3v) is 3.23. The third-order valence-electron chi connectivity index (χ3n) is 3.23. The van der Waals surface area contributed by atoms with Gasteiger partial charge in [-0.1, -0.05) is 12.1 Å². The highest BCUT2D eigenvalue weighted by Gasteiger charge is 2.01. The molecule has 5 heteroatoms. The highest BCUT2D eigenvalue weighted by molar-refractivity contribution is 5.99. The fraction of sp³-hybridized carbons (Fsp3) is 0.125. The van der Waals surface area contributed by atoms with E-state index in [9.17, 15) is 0 Å². The summed E-state index contributed by atoms with van der Waals surface area (Å²) in [6.07, 6.45) is 0. The first kappa shape index (κ1) is 13.2. The summed E-state index contributed by atoms with van der Waals surface area (Å²) >= 11 is 0. The molecular weight excluding hydrogens is 264 g/mol. The van der Waals surface area contributed by atoms with E-state index in [4.69, 9.17) is 4.74 Å². The molecule has 0 saturated heterocycles. The van der Waals surface area contributed by atoms with Crippen LogP contribution in [-0.4, -0.2) is 22.8 Å². The standard InChI is InChI=1S/C16H16N4O/c1-11(12-7-9-13(21-2)10-8-12)19-20-16-17-14-5-3-4-6-15(14)18-16/h3-10H,1-2H3,(H2,17,18,20). The summed E-state index contributed by atoms with van der Waals surface area (Å²) in [7, 11) is 1.65. The first-order valence-electron chi connectivity index (χ1n) is 6.66. The van der Waals surface area contributed by atoms with Crippen LogP contribution in [0.3, 0.4) is 0 Å². The van der Waals surface area contributed by atoms with Gasteiger partial charge in [-0.15, -0.1) is 0 Å². The number of nitrogens with one attached hydrogen (secondary N) is 2. The van der Waals surface area contributed by atoms with E-state index in [0.29, 0.717) is 5.95 Å². The van der Waals surface area contributed by atoms with E-state index in [1.807, 2.05) is 55.5 Å². The van der Waals surface area contributed by atoms with Crippen LogP contribution in [-0.2, 0) is 0 Å². The number of benzene rings is 2. The molecule has 0 amide bonds. The molecule has 3 rings (SSSR count). The Kier molecular flexibility index (Phi) is 3.55. The SMILES string of the molecule is COc1ccc(C(C)=NNc2nc3ccccc3[nH]2)cc1. The van der Waals surface area contributed by atoms with Crippen LogP contribution in [0.25, 0.3) is 11.0 Å². The predicted molar refractivity (Wildman–Crippen MR) is 84.9 cm³/mol. The lowest BCUT2D eigenvalue weighted by atomic mass is 10.1. The lowest BCUT2D eigenvalue weighted by molar-refractivity contribution is 0.415. The van der Waals surface area contributed by atoms with Gasteiger partial charge in [0.1, 0.15) is 5.75 Å². The Labute approximate surface area is 122 Å². The van der Waals surface area contributed by atoms with Crippen LogP contribution in [0, 0.1) is 0 Å². The molecule has 0 saturated carbocycles. The lowest BCUT2D eigenvalue weighted by Crippen LogP contribution is -2.00. The van der Waals surface area contributed by atoms with Crippen molar-refractivity contribution in [2.24, 2.45) is 5.10 Å². The van der Waals surface area contributed by atoms with Gasteiger partial charge in [-0.3, -0.25) is 0 Å². The van der Waals surface area contributed by atoms with Crippen molar-refractivity contribution in [1.82, 2.24) is 9.97 Å². The van der Waals surface area contributed by atoms with Gasteiger partial charge >= 0.3 is 0 Å². The highest BCUT2D eigenvalue weighted by Crippen LogP contribution is 2.14. The van der Waals surface area contributed by atoms with Gasteiger partial charge in [0.05, 0.1) is 23.9 Å². The number of fused-ring (bicyclic) bond motifs is 1. The zero-order valence-corrected chi connectivity index (χ0v) is 11.9. The maximum Gasteiger partial charge on any atom is 0.222 e. The van der Waals surface area contributed by atoms with Crippen LogP contribution in [0.15, 0.2) is 53.6 Å². The quantitative estimate of drug-likeness (QED) is 0.568. The number of aromatic nitrogens is 2. The minimum absolute atomic E-state index is 0.629. The van der Waals surface area contributed by atoms with Crippen molar-refractivity contribution in [2.45, 2.75) is 6.92 Å². The molecule has 0 fully saturated rings. The summed E-state index contributed by atoms with van der Waals surface area (Å²) in [5.41, 5.74) is 6.75. The van der Waals surface area contributed by atoms with E-state index in [1.165, 1.54) is 0 Å². The molecule has 0 radical (unpaired) electrons. The summed E-state index contributed by atoms with van der Waals surface area (Å²) in [4.78, 5) is 7.58. The second kappa shape index (κ2) is 5.66. The molecule has 21 heavy (non-hydrogen) atoms. The minimum atomic E-state index is 0.629. The Bertz CT molecular complexity index is 741. The Morgan fingerprint density at radius 3 is 2.62 bits per heavy atom. The van der Waals surface area contributed by atoms with E-state index >= 15 is 0 Å². The molecule has 0 spiro atoms. The number of hydrogen-bond acceptors (Lipinski definition) is 4. The van der Waals surface area contributed by atoms with E-state index in [0.717, 1.165) is 28.1 Å². The Morgan fingerprint density at radius 2 is 1.90 bits per heavy atom. The van der Waals surface area contributed by atoms with Crippen molar-refractivity contribution < 1.29 is 4.74 Å². The van der Waals surface area contributed by atoms with Crippen molar-refractivity contribution in [3.05, 3.63) is 54.1 Å². The number of hydrogen-bond donors (Lipinski definition) is 2. The third kappa shape index (κ3) is 2.86. The highest BCUT2D eigenvalue weighted by atomic mass is 16.5. The Balaban J connectivity index is 1.77. The normalized spacial score (nSPS) is 11.6. The average molecular weight is 280 g/mol. The molecule has 3 aromatic rings. The number of para-hydroxylation sites is 2. The largest absolute Gasteiger partial charge is 0.497 e. The summed E-state index contributed by atoms with van der Waals surface area (Å²) in [6.45, 7) is 1.94. The zero-order chi connectivity index (χ0) is 14.7. The number of rotatable bonds is 4. The average Bonchev–Trinajstić information content (AvgIpc) is 2.95. The van der Waals surface area contributed by atoms with Crippen LogP contribution < -0.4 is 10.2 Å². The molecule has 0 atom stereocenters. The first-order valence-corrected chi connectivity index (χ1v) is 6.66. The number of H-pyrrole nitrogens is 1. The first-order chi connectivity index (χ1) is 10.3. The molecular formula is C16H16N4O. The van der Waals surface area contributed by atoms with E-state index < -0.39 is 0 Å². The molecule has 0 aliphatic rings. The van der Waals surface area contributed by atoms with Gasteiger partial charge in [0.2, 0.25) is 5.95 Å². The zero-order valence-electron chi connectivity index (χ0n) is 11.9. The Morgan fingerprint density at radius 1 is 1.14 bits per heavy atom. The number of hydrazone groups is 1.